The number of rotatable bonds is 6. The zero-order valence-corrected chi connectivity index (χ0v) is 16.2. The van der Waals surface area contributed by atoms with Gasteiger partial charge in [-0.3, -0.25) is 9.59 Å². The number of nitrogens with one attached hydrogen (secondary N) is 2. The van der Waals surface area contributed by atoms with E-state index in [1.54, 1.807) is 4.90 Å². The first-order chi connectivity index (χ1) is 14.1. The number of hydrogen-bond donors (Lipinski definition) is 3. The molecule has 3 N–H and O–H groups in total. The van der Waals surface area contributed by atoms with Crippen LogP contribution in [0.15, 0.2) is 59.4 Å². The molecular formula is C23H25N3O3. The van der Waals surface area contributed by atoms with Gasteiger partial charge in [-0.15, -0.1) is 0 Å². The van der Waals surface area contributed by atoms with E-state index in [0.29, 0.717) is 38.0 Å². The van der Waals surface area contributed by atoms with Crippen LogP contribution >= 0.6 is 0 Å². The highest BCUT2D eigenvalue weighted by molar-refractivity contribution is 5.86. The number of pyridine rings is 1. The molecule has 1 aliphatic heterocycles. The molecule has 0 spiro atoms. The maximum absolute atomic E-state index is 12.6. The van der Waals surface area contributed by atoms with E-state index >= 15 is 0 Å². The molecule has 0 saturated carbocycles. The largest absolute Gasteiger partial charge is 0.387 e. The molecule has 6 heteroatoms. The zero-order chi connectivity index (χ0) is 20.2. The van der Waals surface area contributed by atoms with Crippen LogP contribution in [0.1, 0.15) is 29.3 Å². The third-order valence-corrected chi connectivity index (χ3v) is 5.50. The summed E-state index contributed by atoms with van der Waals surface area (Å²) in [6.07, 6.45) is 0.499. The lowest BCUT2D eigenvalue weighted by Crippen LogP contribution is -2.39. The highest BCUT2D eigenvalue weighted by Crippen LogP contribution is 2.24. The average Bonchev–Trinajstić information content (AvgIpc) is 2.77. The van der Waals surface area contributed by atoms with Gasteiger partial charge in [0.2, 0.25) is 5.91 Å². The van der Waals surface area contributed by atoms with Gasteiger partial charge in [-0.2, -0.15) is 0 Å². The minimum Gasteiger partial charge on any atom is -0.387 e. The van der Waals surface area contributed by atoms with Crippen LogP contribution in [0.4, 0.5) is 0 Å². The van der Waals surface area contributed by atoms with Crippen LogP contribution in [0.5, 0.6) is 0 Å². The van der Waals surface area contributed by atoms with Crippen molar-refractivity contribution in [2.75, 3.05) is 19.6 Å². The Morgan fingerprint density at radius 1 is 1.10 bits per heavy atom. The number of aromatic amines is 1. The number of nitrogens with zero attached hydrogens (tertiary/aromatic N) is 1. The molecule has 2 aromatic carbocycles. The standard InChI is InChI=1S/C23H25N3O3/c27-21(16-6-2-1-3-7-16)14-24-12-10-22(28)26-13-11-18-17-8-4-5-9-19(17)23(29)25-20(18)15-26/h1-9,21,24,27H,10-15H2,(H,25,29)/t21-/m1/s1. The fraction of sp³-hybridized carbons (Fsp3) is 0.304. The Labute approximate surface area is 169 Å². The van der Waals surface area contributed by atoms with Gasteiger partial charge in [0, 0.05) is 37.1 Å². The normalized spacial score (nSPS) is 14.6. The molecule has 29 heavy (non-hydrogen) atoms. The molecule has 0 fully saturated rings. The Kier molecular flexibility index (Phi) is 5.74. The molecule has 1 aromatic heterocycles. The highest BCUT2D eigenvalue weighted by Gasteiger charge is 2.23. The number of hydrogen-bond acceptors (Lipinski definition) is 4. The number of benzene rings is 2. The zero-order valence-electron chi connectivity index (χ0n) is 16.2. The number of carbonyl (C=O) groups excluding carboxylic acids is 1. The lowest BCUT2D eigenvalue weighted by atomic mass is 9.98. The Morgan fingerprint density at radius 2 is 1.83 bits per heavy atom. The van der Waals surface area contributed by atoms with Gasteiger partial charge >= 0.3 is 0 Å². The van der Waals surface area contributed by atoms with Gasteiger partial charge < -0.3 is 20.3 Å². The van der Waals surface area contributed by atoms with E-state index in [4.69, 9.17) is 0 Å². The van der Waals surface area contributed by atoms with Crippen molar-refractivity contribution >= 4 is 16.7 Å². The lowest BCUT2D eigenvalue weighted by Gasteiger charge is -2.29. The van der Waals surface area contributed by atoms with E-state index in [1.807, 2.05) is 54.6 Å². The highest BCUT2D eigenvalue weighted by atomic mass is 16.3. The van der Waals surface area contributed by atoms with Crippen LogP contribution in [0.2, 0.25) is 0 Å². The molecule has 0 aliphatic carbocycles. The topological polar surface area (TPSA) is 85.4 Å². The van der Waals surface area contributed by atoms with Gasteiger partial charge in [0.15, 0.2) is 0 Å². The number of aliphatic hydroxyl groups is 1. The van der Waals surface area contributed by atoms with Crippen LogP contribution in [0, 0.1) is 0 Å². The molecule has 6 nitrogen and oxygen atoms in total. The van der Waals surface area contributed by atoms with Crippen molar-refractivity contribution < 1.29 is 9.90 Å². The van der Waals surface area contributed by atoms with Gasteiger partial charge in [0.1, 0.15) is 0 Å². The summed E-state index contributed by atoms with van der Waals surface area (Å²) in [7, 11) is 0. The molecule has 3 aromatic rings. The SMILES string of the molecule is O=C(CCNC[C@@H](O)c1ccccc1)N1CCc2c([nH]c(=O)c3ccccc23)C1. The Morgan fingerprint density at radius 3 is 2.62 bits per heavy atom. The van der Waals surface area contributed by atoms with Gasteiger partial charge in [-0.25, -0.2) is 0 Å². The number of H-pyrrole nitrogens is 1. The first-order valence-electron chi connectivity index (χ1n) is 9.98. The maximum Gasteiger partial charge on any atom is 0.256 e. The maximum atomic E-state index is 12.6. The molecule has 4 rings (SSSR count). The smallest absolute Gasteiger partial charge is 0.256 e. The molecule has 1 atom stereocenters. The summed E-state index contributed by atoms with van der Waals surface area (Å²) in [5.74, 6) is 0.0476. The van der Waals surface area contributed by atoms with E-state index < -0.39 is 6.10 Å². The molecule has 0 bridgehead atoms. The number of carbonyl (C=O) groups is 1. The molecule has 1 aliphatic rings. The minimum absolute atomic E-state index is 0.0476. The number of aliphatic hydroxyl groups excluding tert-OH is 1. The van der Waals surface area contributed by atoms with E-state index in [2.05, 4.69) is 10.3 Å². The first-order valence-corrected chi connectivity index (χ1v) is 9.98. The Balaban J connectivity index is 1.32. The summed E-state index contributed by atoms with van der Waals surface area (Å²) in [4.78, 5) is 29.7. The fourth-order valence-corrected chi connectivity index (χ4v) is 3.92. The van der Waals surface area contributed by atoms with Gasteiger partial charge in [0.25, 0.3) is 5.56 Å². The average molecular weight is 391 g/mol. The third-order valence-electron chi connectivity index (χ3n) is 5.50. The van der Waals surface area contributed by atoms with Crippen LogP contribution < -0.4 is 10.9 Å². The monoisotopic (exact) mass is 391 g/mol. The van der Waals surface area contributed by atoms with Gasteiger partial charge in [-0.1, -0.05) is 48.5 Å². The van der Waals surface area contributed by atoms with E-state index in [0.717, 1.165) is 28.6 Å². The van der Waals surface area contributed by atoms with Crippen LogP contribution in [0.3, 0.4) is 0 Å². The predicted molar refractivity (Wildman–Crippen MR) is 113 cm³/mol. The summed E-state index contributed by atoms with van der Waals surface area (Å²) in [6, 6.07) is 17.1. The molecule has 0 saturated heterocycles. The van der Waals surface area contributed by atoms with Crippen molar-refractivity contribution in [3.05, 3.63) is 81.8 Å². The second-order valence-electron chi connectivity index (χ2n) is 7.40. The number of aromatic nitrogens is 1. The second-order valence-corrected chi connectivity index (χ2v) is 7.40. The molecule has 2 heterocycles. The molecule has 0 radical (unpaired) electrons. The minimum atomic E-state index is -0.591. The quantitative estimate of drug-likeness (QED) is 0.562. The van der Waals surface area contributed by atoms with Crippen molar-refractivity contribution in [3.63, 3.8) is 0 Å². The molecule has 150 valence electrons. The van der Waals surface area contributed by atoms with Crippen molar-refractivity contribution in [1.82, 2.24) is 15.2 Å². The third kappa shape index (κ3) is 4.23. The fourth-order valence-electron chi connectivity index (χ4n) is 3.92. The first kappa shape index (κ1) is 19.4. The van der Waals surface area contributed by atoms with E-state index in [9.17, 15) is 14.7 Å². The van der Waals surface area contributed by atoms with Crippen molar-refractivity contribution in [2.24, 2.45) is 0 Å². The Bertz CT molecular complexity index is 1060. The van der Waals surface area contributed by atoms with E-state index in [1.165, 1.54) is 0 Å². The van der Waals surface area contributed by atoms with Crippen LogP contribution in [0.25, 0.3) is 10.8 Å². The predicted octanol–water partition coefficient (Wildman–Crippen LogP) is 2.13. The van der Waals surface area contributed by atoms with Crippen molar-refractivity contribution in [1.29, 1.82) is 0 Å². The summed E-state index contributed by atoms with van der Waals surface area (Å²) < 4.78 is 0. The summed E-state index contributed by atoms with van der Waals surface area (Å²) in [6.45, 7) is 1.98. The van der Waals surface area contributed by atoms with Gasteiger partial charge in [0.05, 0.1) is 12.6 Å². The van der Waals surface area contributed by atoms with Crippen LogP contribution in [-0.2, 0) is 17.8 Å². The van der Waals surface area contributed by atoms with Crippen molar-refractivity contribution in [2.45, 2.75) is 25.5 Å². The van der Waals surface area contributed by atoms with E-state index in [-0.39, 0.29) is 11.5 Å². The summed E-state index contributed by atoms with van der Waals surface area (Å²) >= 11 is 0. The second kappa shape index (κ2) is 8.59. The molecular weight excluding hydrogens is 366 g/mol. The Hall–Kier alpha value is -2.96. The lowest BCUT2D eigenvalue weighted by molar-refractivity contribution is -0.132. The molecule has 1 amide bonds. The summed E-state index contributed by atoms with van der Waals surface area (Å²) in [5, 5.41) is 15.0. The summed E-state index contributed by atoms with van der Waals surface area (Å²) in [5.41, 5.74) is 2.72. The van der Waals surface area contributed by atoms with Crippen molar-refractivity contribution in [3.8, 4) is 0 Å². The molecule has 0 unspecified atom stereocenters. The number of fused-ring (bicyclic) bond motifs is 3. The van der Waals surface area contributed by atoms with Crippen LogP contribution in [-0.4, -0.2) is 40.5 Å². The number of amides is 1. The van der Waals surface area contributed by atoms with Gasteiger partial charge in [-0.05, 0) is 29.0 Å².